The number of hydrogen-bond donors (Lipinski definition) is 2. The second kappa shape index (κ2) is 11.0. The summed E-state index contributed by atoms with van der Waals surface area (Å²) in [6.45, 7) is 3.66. The molecule has 3 atom stereocenters. The van der Waals surface area contributed by atoms with Gasteiger partial charge in [0.15, 0.2) is 5.60 Å². The van der Waals surface area contributed by atoms with Crippen LogP contribution in [-0.2, 0) is 25.9 Å². The molecule has 0 bridgehead atoms. The van der Waals surface area contributed by atoms with Gasteiger partial charge in [-0.25, -0.2) is 14.2 Å². The van der Waals surface area contributed by atoms with Gasteiger partial charge in [-0.2, -0.15) is 0 Å². The molecule has 0 fully saturated rings. The number of nitrogens with zero attached hydrogens (tertiary/aromatic N) is 1. The number of carboxylic acid groups (broad SMARTS) is 1. The molecular formula is C27H28FNO5P+. The lowest BCUT2D eigenvalue weighted by Gasteiger charge is -2.34. The van der Waals surface area contributed by atoms with Crippen molar-refractivity contribution in [3.05, 3.63) is 102 Å². The average Bonchev–Trinajstić information content (AvgIpc) is 2.85. The maximum atomic E-state index is 13.6. The lowest BCUT2D eigenvalue weighted by Crippen LogP contribution is -2.55. The van der Waals surface area contributed by atoms with Crippen LogP contribution in [0.3, 0.4) is 0 Å². The minimum Gasteiger partial charge on any atom is -0.477 e. The van der Waals surface area contributed by atoms with Crippen molar-refractivity contribution in [2.75, 3.05) is 7.11 Å². The first-order chi connectivity index (χ1) is 16.6. The predicted molar refractivity (Wildman–Crippen MR) is 133 cm³/mol. The van der Waals surface area contributed by atoms with Crippen molar-refractivity contribution < 1.29 is 28.5 Å². The van der Waals surface area contributed by atoms with Gasteiger partial charge in [-0.15, -0.1) is 4.52 Å². The Kier molecular flexibility index (Phi) is 8.28. The number of aliphatic hydroxyl groups is 1. The Labute approximate surface area is 205 Å². The number of pyridine rings is 1. The lowest BCUT2D eigenvalue weighted by atomic mass is 9.77. The summed E-state index contributed by atoms with van der Waals surface area (Å²) in [4.78, 5) is 17.5. The van der Waals surface area contributed by atoms with E-state index in [2.05, 4.69) is 4.98 Å². The zero-order valence-corrected chi connectivity index (χ0v) is 20.7. The maximum absolute atomic E-state index is 13.6. The van der Waals surface area contributed by atoms with Crippen LogP contribution in [0, 0.1) is 11.7 Å². The van der Waals surface area contributed by atoms with Gasteiger partial charge in [0, 0.05) is 12.0 Å². The molecule has 0 aliphatic heterocycles. The minimum atomic E-state index is -2.97. The van der Waals surface area contributed by atoms with Crippen molar-refractivity contribution in [1.29, 1.82) is 0 Å². The number of aliphatic carboxylic acids is 1. The molecule has 1 heterocycles. The number of rotatable bonds is 10. The van der Waals surface area contributed by atoms with Crippen molar-refractivity contribution in [3.8, 4) is 11.3 Å². The van der Waals surface area contributed by atoms with E-state index in [1.165, 1.54) is 36.4 Å². The monoisotopic (exact) mass is 496 g/mol. The summed E-state index contributed by atoms with van der Waals surface area (Å²) in [5.41, 5.74) is -0.632. The molecule has 0 spiro atoms. The van der Waals surface area contributed by atoms with E-state index in [-0.39, 0.29) is 18.0 Å². The Hall–Kier alpha value is -3.25. The largest absolute Gasteiger partial charge is 0.534 e. The summed E-state index contributed by atoms with van der Waals surface area (Å²) in [5.74, 6) is -2.12. The van der Waals surface area contributed by atoms with Crippen LogP contribution in [0.1, 0.15) is 25.1 Å². The zero-order chi connectivity index (χ0) is 25.6. The first-order valence-electron chi connectivity index (χ1n) is 11.1. The van der Waals surface area contributed by atoms with Gasteiger partial charge in [-0.1, -0.05) is 68.5 Å². The van der Waals surface area contributed by atoms with Gasteiger partial charge in [-0.05, 0) is 46.4 Å². The number of benzene rings is 2. The Morgan fingerprint density at radius 1 is 1.09 bits per heavy atom. The van der Waals surface area contributed by atoms with Crippen LogP contribution in [0.4, 0.5) is 4.39 Å². The van der Waals surface area contributed by atoms with Crippen LogP contribution in [0.5, 0.6) is 0 Å². The number of hydrogen-bond acceptors (Lipinski definition) is 5. The number of aromatic nitrogens is 1. The van der Waals surface area contributed by atoms with E-state index in [0.29, 0.717) is 11.3 Å². The topological polar surface area (TPSA) is 96.7 Å². The molecule has 0 aliphatic rings. The number of allylic oxidation sites excluding steroid dienone is 1. The van der Waals surface area contributed by atoms with Crippen LogP contribution < -0.4 is 0 Å². The molecule has 2 aromatic carbocycles. The van der Waals surface area contributed by atoms with E-state index in [0.717, 1.165) is 12.7 Å². The smallest absolute Gasteiger partial charge is 0.477 e. The standard InChI is InChI=1S/C27H27FNO5P/c1-19(2)16-17-27(25(30)31,35(33)34-3)26(32,18-20-12-14-22(28)15-13-20)24-11-7-10-23(29-24)21-8-5-4-6-9-21/h4-17,19,32H,18H2,1-3H3/p+1. The van der Waals surface area contributed by atoms with Crippen LogP contribution in [0.2, 0.25) is 0 Å². The normalized spacial score (nSPS) is 15.5. The third kappa shape index (κ3) is 5.38. The first kappa shape index (κ1) is 26.4. The Morgan fingerprint density at radius 3 is 2.31 bits per heavy atom. The zero-order valence-electron chi connectivity index (χ0n) is 19.8. The van der Waals surface area contributed by atoms with Gasteiger partial charge < -0.3 is 10.2 Å². The molecule has 35 heavy (non-hydrogen) atoms. The highest BCUT2D eigenvalue weighted by molar-refractivity contribution is 7.43. The van der Waals surface area contributed by atoms with E-state index in [1.807, 2.05) is 44.2 Å². The number of carboxylic acids is 1. The highest BCUT2D eigenvalue weighted by Gasteiger charge is 2.71. The molecule has 2 N–H and O–H groups in total. The van der Waals surface area contributed by atoms with E-state index in [4.69, 9.17) is 4.52 Å². The Morgan fingerprint density at radius 2 is 1.74 bits per heavy atom. The predicted octanol–water partition coefficient (Wildman–Crippen LogP) is 5.74. The minimum absolute atomic E-state index is 0.000570. The third-order valence-electron chi connectivity index (χ3n) is 5.75. The molecule has 182 valence electrons. The Bertz CT molecular complexity index is 1220. The van der Waals surface area contributed by atoms with Crippen molar-refractivity contribution >= 4 is 14.0 Å². The molecular weight excluding hydrogens is 468 g/mol. The lowest BCUT2D eigenvalue weighted by molar-refractivity contribution is -0.147. The van der Waals surface area contributed by atoms with E-state index in [9.17, 15) is 24.0 Å². The molecule has 0 radical (unpaired) electrons. The van der Waals surface area contributed by atoms with Gasteiger partial charge in [0.2, 0.25) is 0 Å². The van der Waals surface area contributed by atoms with Crippen LogP contribution in [0.15, 0.2) is 84.9 Å². The highest BCUT2D eigenvalue weighted by Crippen LogP contribution is 2.54. The summed E-state index contributed by atoms with van der Waals surface area (Å²) >= 11 is 0. The van der Waals surface area contributed by atoms with Crippen molar-refractivity contribution in [2.24, 2.45) is 5.92 Å². The number of carbonyl (C=O) groups is 1. The van der Waals surface area contributed by atoms with E-state index < -0.39 is 30.6 Å². The second-order valence-corrected chi connectivity index (χ2v) is 10.1. The summed E-state index contributed by atoms with van der Waals surface area (Å²) in [5, 5.41) is 20.4. The summed E-state index contributed by atoms with van der Waals surface area (Å²) in [7, 11) is -1.84. The fraction of sp³-hybridized carbons (Fsp3) is 0.259. The van der Waals surface area contributed by atoms with Crippen molar-refractivity contribution in [1.82, 2.24) is 4.98 Å². The molecule has 0 saturated heterocycles. The fourth-order valence-electron chi connectivity index (χ4n) is 3.90. The van der Waals surface area contributed by atoms with E-state index >= 15 is 0 Å². The average molecular weight is 496 g/mol. The summed E-state index contributed by atoms with van der Waals surface area (Å²) in [6.07, 6.45) is 2.50. The van der Waals surface area contributed by atoms with Gasteiger partial charge in [0.25, 0.3) is 0 Å². The molecule has 3 unspecified atom stereocenters. The second-order valence-electron chi connectivity index (χ2n) is 8.55. The molecule has 3 aromatic rings. The molecule has 0 aliphatic carbocycles. The van der Waals surface area contributed by atoms with Crippen LogP contribution in [-0.4, -0.2) is 33.4 Å². The quantitative estimate of drug-likeness (QED) is 0.274. The summed E-state index contributed by atoms with van der Waals surface area (Å²) < 4.78 is 32.0. The van der Waals surface area contributed by atoms with Crippen molar-refractivity contribution in [3.63, 3.8) is 0 Å². The van der Waals surface area contributed by atoms with Gasteiger partial charge in [-0.3, -0.25) is 0 Å². The van der Waals surface area contributed by atoms with Gasteiger partial charge >= 0.3 is 19.2 Å². The Balaban J connectivity index is 2.33. The third-order valence-corrected chi connectivity index (χ3v) is 7.37. The molecule has 0 amide bonds. The van der Waals surface area contributed by atoms with Crippen LogP contribution >= 0.6 is 8.03 Å². The first-order valence-corrected chi connectivity index (χ1v) is 12.3. The van der Waals surface area contributed by atoms with Crippen LogP contribution in [0.25, 0.3) is 11.3 Å². The SMILES string of the molecule is CO[P+](=O)C(C=CC(C)C)(C(=O)O)C(O)(Cc1ccc(F)cc1)c1cccc(-c2ccccc2)n1. The van der Waals surface area contributed by atoms with Crippen molar-refractivity contribution in [2.45, 2.75) is 31.0 Å². The van der Waals surface area contributed by atoms with E-state index in [1.54, 1.807) is 18.2 Å². The molecule has 3 rings (SSSR count). The molecule has 6 nitrogen and oxygen atoms in total. The molecule has 0 saturated carbocycles. The number of halogens is 1. The maximum Gasteiger partial charge on any atom is 0.534 e. The fourth-order valence-corrected chi connectivity index (χ4v) is 5.05. The highest BCUT2D eigenvalue weighted by atomic mass is 31.1. The van der Waals surface area contributed by atoms with Gasteiger partial charge in [0.1, 0.15) is 5.82 Å². The van der Waals surface area contributed by atoms with Gasteiger partial charge in [0.05, 0.1) is 18.5 Å². The molecule has 8 heteroatoms. The molecule has 1 aromatic heterocycles. The summed E-state index contributed by atoms with van der Waals surface area (Å²) in [6, 6.07) is 19.4.